The molecule has 0 spiro atoms. The number of hydroxylamine groups is 2. The molecule has 0 fully saturated rings. The Hall–Kier alpha value is -4.47. The molecule has 5 rings (SSSR count). The van der Waals surface area contributed by atoms with Gasteiger partial charge in [0.15, 0.2) is 0 Å². The van der Waals surface area contributed by atoms with E-state index in [2.05, 4.69) is 15.3 Å². The van der Waals surface area contributed by atoms with E-state index in [-0.39, 0.29) is 17.8 Å². The van der Waals surface area contributed by atoms with Crippen LogP contribution in [0.3, 0.4) is 0 Å². The van der Waals surface area contributed by atoms with Gasteiger partial charge in [0.2, 0.25) is 5.88 Å². The molecular weight excluding hydrogens is 477 g/mol. The van der Waals surface area contributed by atoms with E-state index in [1.807, 2.05) is 0 Å². The van der Waals surface area contributed by atoms with Gasteiger partial charge in [-0.15, -0.1) is 0 Å². The highest BCUT2D eigenvalue weighted by molar-refractivity contribution is 5.99. The molecule has 0 aliphatic carbocycles. The van der Waals surface area contributed by atoms with Crippen LogP contribution in [0.1, 0.15) is 22.4 Å². The highest BCUT2D eigenvalue weighted by Crippen LogP contribution is 2.33. The quantitative estimate of drug-likeness (QED) is 0.414. The minimum Gasteiger partial charge on any atom is -0.439 e. The molecule has 0 saturated carbocycles. The predicted molar refractivity (Wildman–Crippen MR) is 121 cm³/mol. The second kappa shape index (κ2) is 8.95. The number of ether oxygens (including phenoxy) is 1. The first-order valence-electron chi connectivity index (χ1n) is 10.7. The number of hydrogen-bond donors (Lipinski definition) is 2. The Kier molecular flexibility index (Phi) is 5.79. The highest BCUT2D eigenvalue weighted by Gasteiger charge is 2.31. The summed E-state index contributed by atoms with van der Waals surface area (Å²) in [6.45, 7) is 0.697. The van der Waals surface area contributed by atoms with Gasteiger partial charge in [0, 0.05) is 29.4 Å². The fourth-order valence-electron chi connectivity index (χ4n) is 3.98. The standard InChI is InChI=1S/C24H17F3N6O3/c25-24(26,27)16-7-14(11-28)8-17(10-16)31-23(34)33-6-3-15-9-18(1-2-21(15)33)36-22-19-4-5-32(35)12-20(19)29-13-30-22/h1-3,6-10,13,35H,4-5,12H2,(H,31,34). The van der Waals surface area contributed by atoms with Crippen molar-refractivity contribution in [3.8, 4) is 17.7 Å². The first-order chi connectivity index (χ1) is 17.2. The Bertz CT molecular complexity index is 1530. The van der Waals surface area contributed by atoms with Crippen molar-refractivity contribution in [2.45, 2.75) is 19.1 Å². The zero-order valence-electron chi connectivity index (χ0n) is 18.5. The van der Waals surface area contributed by atoms with Crippen molar-refractivity contribution in [2.24, 2.45) is 0 Å². The van der Waals surface area contributed by atoms with Crippen molar-refractivity contribution in [1.82, 2.24) is 19.6 Å². The number of rotatable bonds is 3. The second-order valence-electron chi connectivity index (χ2n) is 8.09. The van der Waals surface area contributed by atoms with Crippen LogP contribution in [0.2, 0.25) is 0 Å². The van der Waals surface area contributed by atoms with Gasteiger partial charge in [-0.3, -0.25) is 4.57 Å². The number of alkyl halides is 3. The SMILES string of the molecule is N#Cc1cc(NC(=O)n2ccc3cc(Oc4ncnc5c4CCN(O)C5)ccc32)cc(C(F)(F)F)c1. The van der Waals surface area contributed by atoms with Gasteiger partial charge in [-0.2, -0.15) is 23.5 Å². The highest BCUT2D eigenvalue weighted by atomic mass is 19.4. The number of nitriles is 1. The molecule has 3 heterocycles. The van der Waals surface area contributed by atoms with Gasteiger partial charge in [-0.25, -0.2) is 14.8 Å². The molecule has 0 unspecified atom stereocenters. The van der Waals surface area contributed by atoms with Crippen LogP contribution in [0, 0.1) is 11.3 Å². The monoisotopic (exact) mass is 494 g/mol. The normalized spacial score (nSPS) is 13.8. The summed E-state index contributed by atoms with van der Waals surface area (Å²) in [5.41, 5.74) is 0.563. The van der Waals surface area contributed by atoms with Gasteiger partial charge in [-0.1, -0.05) is 0 Å². The van der Waals surface area contributed by atoms with Gasteiger partial charge >= 0.3 is 12.2 Å². The molecular formula is C24H17F3N6O3. The summed E-state index contributed by atoms with van der Waals surface area (Å²) in [7, 11) is 0. The van der Waals surface area contributed by atoms with Gasteiger partial charge in [0.1, 0.15) is 12.1 Å². The average molecular weight is 494 g/mol. The number of nitrogens with zero attached hydrogens (tertiary/aromatic N) is 5. The third-order valence-electron chi connectivity index (χ3n) is 5.68. The molecule has 0 bridgehead atoms. The maximum absolute atomic E-state index is 13.1. The van der Waals surface area contributed by atoms with E-state index in [0.717, 1.165) is 17.7 Å². The molecule has 0 atom stereocenters. The Morgan fingerprint density at radius 2 is 2.00 bits per heavy atom. The van der Waals surface area contributed by atoms with Crippen LogP contribution in [-0.2, 0) is 19.1 Å². The summed E-state index contributed by atoms with van der Waals surface area (Å²) < 4.78 is 46.6. The van der Waals surface area contributed by atoms with E-state index in [1.54, 1.807) is 30.3 Å². The van der Waals surface area contributed by atoms with Crippen molar-refractivity contribution in [1.29, 1.82) is 5.26 Å². The topological polar surface area (TPSA) is 116 Å². The molecule has 182 valence electrons. The zero-order chi connectivity index (χ0) is 25.4. The molecule has 36 heavy (non-hydrogen) atoms. The van der Waals surface area contributed by atoms with Crippen molar-refractivity contribution >= 4 is 22.6 Å². The zero-order valence-corrected chi connectivity index (χ0v) is 18.5. The Morgan fingerprint density at radius 1 is 1.17 bits per heavy atom. The fraction of sp³-hybridized carbons (Fsp3) is 0.167. The molecule has 1 aliphatic heterocycles. The van der Waals surface area contributed by atoms with Crippen molar-refractivity contribution in [3.63, 3.8) is 0 Å². The van der Waals surface area contributed by atoms with Crippen LogP contribution in [-0.4, -0.2) is 37.4 Å². The number of carbonyl (C=O) groups is 1. The summed E-state index contributed by atoms with van der Waals surface area (Å²) in [5, 5.41) is 23.0. The Balaban J connectivity index is 1.39. The van der Waals surface area contributed by atoms with Crippen molar-refractivity contribution < 1.29 is 27.9 Å². The first-order valence-corrected chi connectivity index (χ1v) is 10.7. The number of hydrogen-bond acceptors (Lipinski definition) is 7. The molecule has 1 amide bonds. The number of fused-ring (bicyclic) bond motifs is 2. The Labute approximate surface area is 201 Å². The van der Waals surface area contributed by atoms with Gasteiger partial charge in [0.05, 0.1) is 35.0 Å². The number of carbonyl (C=O) groups excluding carboxylic acids is 1. The van der Waals surface area contributed by atoms with E-state index >= 15 is 0 Å². The van der Waals surface area contributed by atoms with E-state index in [9.17, 15) is 23.2 Å². The van der Waals surface area contributed by atoms with Gasteiger partial charge < -0.3 is 15.3 Å². The largest absolute Gasteiger partial charge is 0.439 e. The first kappa shape index (κ1) is 23.3. The Morgan fingerprint density at radius 3 is 2.78 bits per heavy atom. The summed E-state index contributed by atoms with van der Waals surface area (Å²) in [5.74, 6) is 0.840. The predicted octanol–water partition coefficient (Wildman–Crippen LogP) is 4.94. The van der Waals surface area contributed by atoms with Crippen LogP contribution in [0.15, 0.2) is 55.0 Å². The number of nitrogens with one attached hydrogen (secondary N) is 1. The molecule has 0 radical (unpaired) electrons. The molecule has 4 aromatic rings. The summed E-state index contributed by atoms with van der Waals surface area (Å²) in [4.78, 5) is 21.2. The van der Waals surface area contributed by atoms with E-state index in [4.69, 9.17) is 10.00 Å². The second-order valence-corrected chi connectivity index (χ2v) is 8.09. The van der Waals surface area contributed by atoms with Crippen LogP contribution in [0.25, 0.3) is 10.9 Å². The van der Waals surface area contributed by atoms with Crippen LogP contribution < -0.4 is 10.1 Å². The molecule has 2 aromatic carbocycles. The molecule has 12 heteroatoms. The van der Waals surface area contributed by atoms with Crippen molar-refractivity contribution in [3.05, 3.63) is 77.4 Å². The minimum atomic E-state index is -4.66. The molecule has 2 N–H and O–H groups in total. The smallest absolute Gasteiger partial charge is 0.416 e. The van der Waals surface area contributed by atoms with E-state index in [1.165, 1.54) is 28.2 Å². The molecule has 1 aliphatic rings. The minimum absolute atomic E-state index is 0.150. The molecule has 9 nitrogen and oxygen atoms in total. The molecule has 2 aromatic heterocycles. The average Bonchev–Trinajstić information content (AvgIpc) is 3.26. The van der Waals surface area contributed by atoms with Crippen LogP contribution in [0.5, 0.6) is 11.6 Å². The lowest BCUT2D eigenvalue weighted by atomic mass is 10.1. The van der Waals surface area contributed by atoms with Gasteiger partial charge in [-0.05, 0) is 48.9 Å². The lowest BCUT2D eigenvalue weighted by Gasteiger charge is -2.23. The number of benzene rings is 2. The van der Waals surface area contributed by atoms with Crippen molar-refractivity contribution in [2.75, 3.05) is 11.9 Å². The summed E-state index contributed by atoms with van der Waals surface area (Å²) in [6.07, 6.45) is -1.31. The maximum atomic E-state index is 13.1. The summed E-state index contributed by atoms with van der Waals surface area (Å²) >= 11 is 0. The number of anilines is 1. The number of amides is 1. The lowest BCUT2D eigenvalue weighted by molar-refractivity contribution is -0.137. The third kappa shape index (κ3) is 4.57. The lowest BCUT2D eigenvalue weighted by Crippen LogP contribution is -2.28. The fourth-order valence-corrected chi connectivity index (χ4v) is 3.98. The van der Waals surface area contributed by atoms with Gasteiger partial charge in [0.25, 0.3) is 0 Å². The molecule has 0 saturated heterocycles. The summed E-state index contributed by atoms with van der Waals surface area (Å²) in [6, 6.07) is 10.3. The van der Waals surface area contributed by atoms with E-state index in [0.29, 0.717) is 41.2 Å². The third-order valence-corrected chi connectivity index (χ3v) is 5.68. The van der Waals surface area contributed by atoms with Crippen LogP contribution >= 0.6 is 0 Å². The number of halogens is 3. The number of aromatic nitrogens is 3. The maximum Gasteiger partial charge on any atom is 0.416 e. The van der Waals surface area contributed by atoms with Crippen LogP contribution in [0.4, 0.5) is 23.7 Å². The van der Waals surface area contributed by atoms with E-state index < -0.39 is 17.8 Å².